The van der Waals surface area contributed by atoms with Gasteiger partial charge in [0, 0.05) is 5.38 Å². The van der Waals surface area contributed by atoms with E-state index in [0.717, 1.165) is 22.7 Å². The van der Waals surface area contributed by atoms with Gasteiger partial charge in [-0.25, -0.2) is 19.5 Å². The molecule has 9 nitrogen and oxygen atoms in total. The first-order valence-corrected chi connectivity index (χ1v) is 10.4. The number of esters is 1. The van der Waals surface area contributed by atoms with Crippen LogP contribution in [0.5, 0.6) is 0 Å². The fraction of sp³-hybridized carbons (Fsp3) is 0.350. The predicted octanol–water partition coefficient (Wildman–Crippen LogP) is 2.72. The highest BCUT2D eigenvalue weighted by Crippen LogP contribution is 2.26. The van der Waals surface area contributed by atoms with Crippen LogP contribution in [-0.4, -0.2) is 46.9 Å². The van der Waals surface area contributed by atoms with Crippen LogP contribution in [0, 0.1) is 0 Å². The van der Waals surface area contributed by atoms with Gasteiger partial charge in [0.05, 0.1) is 7.11 Å². The number of carbonyl (C=O) groups is 4. The number of anilines is 1. The Labute approximate surface area is 177 Å². The van der Waals surface area contributed by atoms with E-state index in [2.05, 4.69) is 20.4 Å². The van der Waals surface area contributed by atoms with Gasteiger partial charge in [-0.2, -0.15) is 0 Å². The van der Waals surface area contributed by atoms with E-state index in [1.54, 1.807) is 24.3 Å². The number of nitrogens with one attached hydrogen (secondary N) is 2. The Morgan fingerprint density at radius 2 is 2.03 bits per heavy atom. The molecule has 1 aromatic heterocycles. The van der Waals surface area contributed by atoms with E-state index in [1.165, 1.54) is 12.5 Å². The maximum atomic E-state index is 13.0. The minimum atomic E-state index is -0.989. The van der Waals surface area contributed by atoms with Gasteiger partial charge in [-0.15, -0.1) is 11.3 Å². The number of thiazole rings is 1. The quantitative estimate of drug-likeness (QED) is 0.491. The van der Waals surface area contributed by atoms with Crippen LogP contribution in [0.25, 0.3) is 0 Å². The monoisotopic (exact) mass is 430 g/mol. The molecule has 2 unspecified atom stereocenters. The molecular weight excluding hydrogens is 408 g/mol. The third-order valence-corrected chi connectivity index (χ3v) is 5.44. The number of unbranched alkanes of at least 4 members (excludes halogenated alkanes) is 1. The molecule has 0 aliphatic carbocycles. The van der Waals surface area contributed by atoms with E-state index >= 15 is 0 Å². The molecule has 2 heterocycles. The highest BCUT2D eigenvalue weighted by Gasteiger charge is 2.45. The molecule has 1 aliphatic rings. The Bertz CT molecular complexity index is 946. The van der Waals surface area contributed by atoms with Gasteiger partial charge < -0.3 is 15.4 Å². The normalized spacial score (nSPS) is 16.9. The molecule has 1 saturated heterocycles. The minimum absolute atomic E-state index is 0.0713. The van der Waals surface area contributed by atoms with E-state index in [0.29, 0.717) is 18.4 Å². The zero-order valence-corrected chi connectivity index (χ0v) is 17.4. The number of nitrogens with zero attached hydrogens (tertiary/aromatic N) is 2. The Morgan fingerprint density at radius 3 is 2.70 bits per heavy atom. The average molecular weight is 430 g/mol. The van der Waals surface area contributed by atoms with E-state index < -0.39 is 35.9 Å². The molecule has 3 rings (SSSR count). The van der Waals surface area contributed by atoms with Crippen molar-refractivity contribution in [2.45, 2.75) is 38.3 Å². The van der Waals surface area contributed by atoms with Crippen molar-refractivity contribution in [3.63, 3.8) is 0 Å². The van der Waals surface area contributed by atoms with Crippen LogP contribution in [0.4, 0.5) is 9.93 Å². The zero-order chi connectivity index (χ0) is 21.7. The summed E-state index contributed by atoms with van der Waals surface area (Å²) in [6.45, 7) is 1.96. The molecule has 2 N–H and O–H groups in total. The van der Waals surface area contributed by atoms with Crippen LogP contribution in [0.2, 0.25) is 0 Å². The van der Waals surface area contributed by atoms with Crippen molar-refractivity contribution in [3.05, 3.63) is 47.0 Å². The fourth-order valence-electron chi connectivity index (χ4n) is 3.15. The SMILES string of the molecule is CCCCC(C(=O)Nc1nc(C(=O)OC)cs1)N1C(=O)NC(c2ccccc2)C1=O. The second-order valence-electron chi connectivity index (χ2n) is 6.68. The molecule has 10 heteroatoms. The van der Waals surface area contributed by atoms with Gasteiger partial charge in [-0.3, -0.25) is 9.59 Å². The Hall–Kier alpha value is -3.27. The van der Waals surface area contributed by atoms with Gasteiger partial charge in [-0.1, -0.05) is 50.1 Å². The van der Waals surface area contributed by atoms with E-state index in [1.807, 2.05) is 13.0 Å². The second kappa shape index (κ2) is 9.49. The zero-order valence-electron chi connectivity index (χ0n) is 16.6. The summed E-state index contributed by atoms with van der Waals surface area (Å²) < 4.78 is 4.61. The Kier molecular flexibility index (Phi) is 6.78. The van der Waals surface area contributed by atoms with Gasteiger partial charge in [0.25, 0.3) is 5.91 Å². The molecule has 0 bridgehead atoms. The number of hydrogen-bond donors (Lipinski definition) is 2. The molecule has 0 radical (unpaired) electrons. The van der Waals surface area contributed by atoms with Crippen LogP contribution in [0.3, 0.4) is 0 Å². The van der Waals surface area contributed by atoms with E-state index in [9.17, 15) is 19.2 Å². The molecule has 1 aliphatic heterocycles. The lowest BCUT2D eigenvalue weighted by Crippen LogP contribution is -2.47. The summed E-state index contributed by atoms with van der Waals surface area (Å²) in [6, 6.07) is 6.43. The lowest BCUT2D eigenvalue weighted by atomic mass is 10.0. The Morgan fingerprint density at radius 1 is 1.30 bits per heavy atom. The lowest BCUT2D eigenvalue weighted by molar-refractivity contribution is -0.134. The topological polar surface area (TPSA) is 118 Å². The summed E-state index contributed by atoms with van der Waals surface area (Å²) >= 11 is 1.06. The van der Waals surface area contributed by atoms with Crippen LogP contribution >= 0.6 is 11.3 Å². The first kappa shape index (κ1) is 21.4. The summed E-state index contributed by atoms with van der Waals surface area (Å²) in [7, 11) is 1.24. The van der Waals surface area contributed by atoms with Gasteiger partial charge >= 0.3 is 12.0 Å². The third kappa shape index (κ3) is 4.48. The number of imide groups is 1. The number of rotatable bonds is 8. The molecule has 30 heavy (non-hydrogen) atoms. The summed E-state index contributed by atoms with van der Waals surface area (Å²) in [5.41, 5.74) is 0.720. The molecular formula is C20H22N4O5S. The van der Waals surface area contributed by atoms with Crippen LogP contribution in [0.15, 0.2) is 35.7 Å². The number of hydrogen-bond acceptors (Lipinski definition) is 7. The van der Waals surface area contributed by atoms with Crippen molar-refractivity contribution < 1.29 is 23.9 Å². The first-order chi connectivity index (χ1) is 14.5. The van der Waals surface area contributed by atoms with Crippen molar-refractivity contribution in [3.8, 4) is 0 Å². The molecule has 4 amide bonds. The number of aromatic nitrogens is 1. The number of urea groups is 1. The number of carbonyl (C=O) groups excluding carboxylic acids is 4. The predicted molar refractivity (Wildman–Crippen MR) is 110 cm³/mol. The minimum Gasteiger partial charge on any atom is -0.464 e. The summed E-state index contributed by atoms with van der Waals surface area (Å²) in [5, 5.41) is 6.91. The summed E-state index contributed by atoms with van der Waals surface area (Å²) in [5.74, 6) is -1.63. The van der Waals surface area contributed by atoms with Crippen molar-refractivity contribution in [2.24, 2.45) is 0 Å². The number of benzene rings is 1. The average Bonchev–Trinajstić information content (AvgIpc) is 3.33. The van der Waals surface area contributed by atoms with Crippen molar-refractivity contribution in [2.75, 3.05) is 12.4 Å². The van der Waals surface area contributed by atoms with Gasteiger partial charge in [0.1, 0.15) is 12.1 Å². The van der Waals surface area contributed by atoms with Gasteiger partial charge in [0.15, 0.2) is 10.8 Å². The fourth-order valence-corrected chi connectivity index (χ4v) is 3.84. The molecule has 1 fully saturated rings. The smallest absolute Gasteiger partial charge is 0.357 e. The van der Waals surface area contributed by atoms with Gasteiger partial charge in [0.2, 0.25) is 5.91 Å². The summed E-state index contributed by atoms with van der Waals surface area (Å²) in [6.07, 6.45) is 1.76. The van der Waals surface area contributed by atoms with Crippen LogP contribution in [-0.2, 0) is 14.3 Å². The maximum absolute atomic E-state index is 13.0. The molecule has 2 aromatic rings. The molecule has 0 spiro atoms. The molecule has 1 aromatic carbocycles. The van der Waals surface area contributed by atoms with Crippen molar-refractivity contribution in [1.82, 2.24) is 15.2 Å². The third-order valence-electron chi connectivity index (χ3n) is 4.68. The molecule has 2 atom stereocenters. The lowest BCUT2D eigenvalue weighted by Gasteiger charge is -2.24. The second-order valence-corrected chi connectivity index (χ2v) is 7.54. The van der Waals surface area contributed by atoms with Crippen LogP contribution < -0.4 is 10.6 Å². The van der Waals surface area contributed by atoms with E-state index in [-0.39, 0.29) is 10.8 Å². The number of amides is 4. The Balaban J connectivity index is 1.80. The highest BCUT2D eigenvalue weighted by atomic mass is 32.1. The maximum Gasteiger partial charge on any atom is 0.357 e. The van der Waals surface area contributed by atoms with Crippen molar-refractivity contribution in [1.29, 1.82) is 0 Å². The highest BCUT2D eigenvalue weighted by molar-refractivity contribution is 7.14. The largest absolute Gasteiger partial charge is 0.464 e. The molecule has 158 valence electrons. The van der Waals surface area contributed by atoms with Gasteiger partial charge in [-0.05, 0) is 12.0 Å². The standard InChI is InChI=1S/C20H22N4O5S/c1-3-4-10-14(16(25)23-19-21-13(11-30-19)18(27)29-2)24-17(26)15(22-20(24)28)12-8-6-5-7-9-12/h5-9,11,14-15H,3-4,10H2,1-2H3,(H,22,28)(H,21,23,25). The number of ether oxygens (including phenoxy) is 1. The van der Waals surface area contributed by atoms with Crippen LogP contribution in [0.1, 0.15) is 48.3 Å². The van der Waals surface area contributed by atoms with Crippen molar-refractivity contribution >= 4 is 40.3 Å². The summed E-state index contributed by atoms with van der Waals surface area (Å²) in [4.78, 5) is 55.1. The van der Waals surface area contributed by atoms with E-state index in [4.69, 9.17) is 0 Å². The first-order valence-electron chi connectivity index (χ1n) is 9.49. The molecule has 0 saturated carbocycles. The number of methoxy groups -OCH3 is 1.